The fraction of sp³-hybridized carbons (Fsp3) is 0.667. The van der Waals surface area contributed by atoms with Crippen molar-refractivity contribution in [2.75, 3.05) is 32.9 Å². The van der Waals surface area contributed by atoms with Gasteiger partial charge in [0.05, 0.1) is 12.3 Å². The number of nitriles is 1. The van der Waals surface area contributed by atoms with Gasteiger partial charge in [0.1, 0.15) is 11.8 Å². The average molecular weight is 420 g/mol. The van der Waals surface area contributed by atoms with Crippen molar-refractivity contribution in [1.82, 2.24) is 9.88 Å². The summed E-state index contributed by atoms with van der Waals surface area (Å²) in [5.41, 5.74) is 2.00. The number of carbonyl (C=O) groups excluding carboxylic acids is 1. The zero-order valence-electron chi connectivity index (χ0n) is 18.5. The van der Waals surface area contributed by atoms with E-state index in [9.17, 15) is 4.79 Å². The molecule has 1 aliphatic rings. The lowest BCUT2D eigenvalue weighted by Gasteiger charge is -2.37. The fourth-order valence-corrected chi connectivity index (χ4v) is 3.98. The molecule has 0 aromatic carbocycles. The molecule has 0 saturated carbocycles. The maximum absolute atomic E-state index is 12.2. The van der Waals surface area contributed by atoms with Crippen molar-refractivity contribution in [1.29, 1.82) is 5.26 Å². The van der Waals surface area contributed by atoms with Crippen molar-refractivity contribution >= 4 is 14.3 Å². The second-order valence-electron chi connectivity index (χ2n) is 8.73. The molecule has 0 radical (unpaired) electrons. The molecule has 2 rings (SSSR count). The van der Waals surface area contributed by atoms with Gasteiger partial charge in [-0.1, -0.05) is 20.8 Å². The summed E-state index contributed by atoms with van der Waals surface area (Å²) < 4.78 is 17.0. The SMILES string of the molecule is CCOC(=O)c1cc(OCC#N)c2c(n1)CN(CCO[Si](C)(C)C(C)(C)C)CC2. The van der Waals surface area contributed by atoms with E-state index in [0.717, 1.165) is 30.8 Å². The molecule has 7 nitrogen and oxygen atoms in total. The number of rotatable bonds is 8. The molecule has 1 aromatic rings. The average Bonchev–Trinajstić information content (AvgIpc) is 2.64. The van der Waals surface area contributed by atoms with Crippen molar-refractivity contribution in [3.05, 3.63) is 23.0 Å². The van der Waals surface area contributed by atoms with Crippen molar-refractivity contribution in [2.24, 2.45) is 0 Å². The maximum atomic E-state index is 12.2. The number of aromatic nitrogens is 1. The minimum Gasteiger partial charge on any atom is -0.478 e. The summed E-state index contributed by atoms with van der Waals surface area (Å²) in [5.74, 6) is 0.0762. The van der Waals surface area contributed by atoms with Crippen molar-refractivity contribution in [3.8, 4) is 11.8 Å². The van der Waals surface area contributed by atoms with E-state index >= 15 is 0 Å². The predicted molar refractivity (Wildman–Crippen MR) is 113 cm³/mol. The quantitative estimate of drug-likeness (QED) is 0.470. The van der Waals surface area contributed by atoms with E-state index in [1.807, 2.05) is 6.07 Å². The van der Waals surface area contributed by atoms with Gasteiger partial charge < -0.3 is 13.9 Å². The van der Waals surface area contributed by atoms with Crippen LogP contribution in [0, 0.1) is 11.3 Å². The largest absolute Gasteiger partial charge is 0.478 e. The molecule has 2 heterocycles. The zero-order valence-corrected chi connectivity index (χ0v) is 19.5. The van der Waals surface area contributed by atoms with Gasteiger partial charge in [-0.15, -0.1) is 0 Å². The monoisotopic (exact) mass is 419 g/mol. The number of carbonyl (C=O) groups is 1. The highest BCUT2D eigenvalue weighted by atomic mass is 28.4. The molecule has 1 aliphatic heterocycles. The van der Waals surface area contributed by atoms with E-state index in [2.05, 4.69) is 43.7 Å². The number of hydrogen-bond acceptors (Lipinski definition) is 7. The molecule has 0 aliphatic carbocycles. The van der Waals surface area contributed by atoms with Gasteiger partial charge in [0.15, 0.2) is 20.6 Å². The predicted octanol–water partition coefficient (Wildman–Crippen LogP) is 3.54. The lowest BCUT2D eigenvalue weighted by atomic mass is 10.0. The second-order valence-corrected chi connectivity index (χ2v) is 13.5. The highest BCUT2D eigenvalue weighted by molar-refractivity contribution is 6.74. The van der Waals surface area contributed by atoms with E-state index in [1.165, 1.54) is 0 Å². The lowest BCUT2D eigenvalue weighted by Crippen LogP contribution is -2.43. The van der Waals surface area contributed by atoms with Gasteiger partial charge in [-0.3, -0.25) is 4.90 Å². The van der Waals surface area contributed by atoms with E-state index in [0.29, 0.717) is 18.9 Å². The molecule has 0 atom stereocenters. The Labute approximate surface area is 175 Å². The first-order valence-electron chi connectivity index (χ1n) is 10.1. The minimum absolute atomic E-state index is 0.0667. The Balaban J connectivity index is 2.12. The zero-order chi connectivity index (χ0) is 21.7. The molecule has 1 aromatic heterocycles. The van der Waals surface area contributed by atoms with E-state index in [-0.39, 0.29) is 23.9 Å². The number of esters is 1. The Kier molecular flexibility index (Phi) is 7.80. The number of hydrogen-bond donors (Lipinski definition) is 0. The molecule has 0 saturated heterocycles. The highest BCUT2D eigenvalue weighted by Gasteiger charge is 2.37. The maximum Gasteiger partial charge on any atom is 0.357 e. The summed E-state index contributed by atoms with van der Waals surface area (Å²) in [5, 5.41) is 9.04. The van der Waals surface area contributed by atoms with Crippen molar-refractivity contribution in [2.45, 2.75) is 58.8 Å². The third-order valence-corrected chi connectivity index (χ3v) is 10.2. The number of fused-ring (bicyclic) bond motifs is 1. The van der Waals surface area contributed by atoms with Crippen LogP contribution in [0.3, 0.4) is 0 Å². The van der Waals surface area contributed by atoms with Gasteiger partial charge in [-0.25, -0.2) is 9.78 Å². The first kappa shape index (κ1) is 23.3. The summed E-state index contributed by atoms with van der Waals surface area (Å²) in [6.07, 6.45) is 0.756. The molecule has 0 fully saturated rings. The Hall–Kier alpha value is -1.95. The Morgan fingerprint density at radius 2 is 2.10 bits per heavy atom. The topological polar surface area (TPSA) is 84.7 Å². The molecule has 0 unspecified atom stereocenters. The normalized spacial score (nSPS) is 14.8. The number of ether oxygens (including phenoxy) is 2. The van der Waals surface area contributed by atoms with Crippen molar-refractivity contribution in [3.63, 3.8) is 0 Å². The Morgan fingerprint density at radius 1 is 1.38 bits per heavy atom. The molecular formula is C21H33N3O4Si. The van der Waals surface area contributed by atoms with E-state index < -0.39 is 14.3 Å². The van der Waals surface area contributed by atoms with Crippen LogP contribution in [0.1, 0.15) is 49.4 Å². The standard InChI is InChI=1S/C21H33N3O4Si/c1-7-26-20(25)17-14-19(27-12-9-22)16-8-10-24(15-18(16)23-17)11-13-28-29(5,6)21(2,3)4/h14H,7-8,10-13,15H2,1-6H3. The van der Waals surface area contributed by atoms with Crippen LogP contribution in [0.4, 0.5) is 0 Å². The van der Waals surface area contributed by atoms with Crippen LogP contribution in [-0.4, -0.2) is 57.1 Å². The third kappa shape index (κ3) is 6.01. The van der Waals surface area contributed by atoms with Crippen LogP contribution in [-0.2, 0) is 22.1 Å². The Morgan fingerprint density at radius 3 is 2.72 bits per heavy atom. The van der Waals surface area contributed by atoms with E-state index in [4.69, 9.17) is 19.2 Å². The molecular weight excluding hydrogens is 386 g/mol. The Bertz CT molecular complexity index is 768. The first-order valence-corrected chi connectivity index (χ1v) is 13.1. The second kappa shape index (κ2) is 9.70. The summed E-state index contributed by atoms with van der Waals surface area (Å²) in [4.78, 5) is 19.0. The molecule has 0 N–H and O–H groups in total. The van der Waals surface area contributed by atoms with Gasteiger partial charge in [-0.05, 0) is 31.5 Å². The molecule has 8 heteroatoms. The number of pyridine rings is 1. The molecule has 29 heavy (non-hydrogen) atoms. The highest BCUT2D eigenvalue weighted by Crippen LogP contribution is 2.36. The summed E-state index contributed by atoms with van der Waals surface area (Å²) in [6, 6.07) is 3.57. The van der Waals surface area contributed by atoms with Crippen LogP contribution < -0.4 is 4.74 Å². The van der Waals surface area contributed by atoms with Crippen molar-refractivity contribution < 1.29 is 18.7 Å². The molecule has 0 bridgehead atoms. The third-order valence-electron chi connectivity index (χ3n) is 5.67. The van der Waals surface area contributed by atoms with Crippen LogP contribution in [0.15, 0.2) is 6.07 Å². The van der Waals surface area contributed by atoms with E-state index in [1.54, 1.807) is 13.0 Å². The molecule has 0 amide bonds. The summed E-state index contributed by atoms with van der Waals surface area (Å²) in [7, 11) is -1.77. The fourth-order valence-electron chi connectivity index (χ4n) is 2.94. The smallest absolute Gasteiger partial charge is 0.357 e. The number of nitrogens with zero attached hydrogens (tertiary/aromatic N) is 3. The van der Waals surface area contributed by atoms with Gasteiger partial charge in [0.25, 0.3) is 0 Å². The summed E-state index contributed by atoms with van der Waals surface area (Å²) >= 11 is 0. The van der Waals surface area contributed by atoms with Crippen LogP contribution in [0.2, 0.25) is 18.1 Å². The first-order chi connectivity index (χ1) is 13.6. The summed E-state index contributed by atoms with van der Waals surface area (Å²) in [6.45, 7) is 16.2. The van der Waals surface area contributed by atoms with Gasteiger partial charge >= 0.3 is 5.97 Å². The van der Waals surface area contributed by atoms with Gasteiger partial charge in [-0.2, -0.15) is 5.26 Å². The van der Waals surface area contributed by atoms with Crippen LogP contribution in [0.5, 0.6) is 5.75 Å². The van der Waals surface area contributed by atoms with Crippen LogP contribution >= 0.6 is 0 Å². The van der Waals surface area contributed by atoms with Gasteiger partial charge in [0, 0.05) is 37.9 Å². The molecule has 160 valence electrons. The van der Waals surface area contributed by atoms with Crippen LogP contribution in [0.25, 0.3) is 0 Å². The minimum atomic E-state index is -1.77. The van der Waals surface area contributed by atoms with Gasteiger partial charge in [0.2, 0.25) is 0 Å². The molecule has 0 spiro atoms. The lowest BCUT2D eigenvalue weighted by molar-refractivity contribution is 0.0518.